The first kappa shape index (κ1) is 15.7. The minimum Gasteiger partial charge on any atom is -0.394 e. The number of benzene rings is 1. The Morgan fingerprint density at radius 1 is 1.16 bits per heavy atom. The van der Waals surface area contributed by atoms with Crippen molar-refractivity contribution in [2.75, 3.05) is 18.5 Å². The van der Waals surface area contributed by atoms with Crippen LogP contribution in [0.25, 0.3) is 0 Å². The summed E-state index contributed by atoms with van der Waals surface area (Å²) in [5.41, 5.74) is -2.45. The van der Waals surface area contributed by atoms with E-state index in [4.69, 9.17) is 0 Å². The van der Waals surface area contributed by atoms with Gasteiger partial charge in [0.05, 0.1) is 30.0 Å². The van der Waals surface area contributed by atoms with E-state index in [9.17, 15) is 27.8 Å². The molecule has 0 aliphatic heterocycles. The molecule has 0 saturated heterocycles. The van der Waals surface area contributed by atoms with Gasteiger partial charge in [-0.2, -0.15) is 13.2 Å². The Balaban J connectivity index is 3.04. The Kier molecular flexibility index (Phi) is 4.75. The van der Waals surface area contributed by atoms with Crippen molar-refractivity contribution in [2.45, 2.75) is 25.1 Å². The lowest BCUT2D eigenvalue weighted by Gasteiger charge is -2.31. The van der Waals surface area contributed by atoms with Crippen LogP contribution in [0.2, 0.25) is 0 Å². The first-order valence-electron chi connectivity index (χ1n) is 5.64. The predicted molar refractivity (Wildman–Crippen MR) is 62.2 cm³/mol. The van der Waals surface area contributed by atoms with Crippen LogP contribution in [0.5, 0.6) is 0 Å². The van der Waals surface area contributed by atoms with Crippen LogP contribution in [-0.2, 0) is 6.18 Å². The lowest BCUT2D eigenvalue weighted by molar-refractivity contribution is -0.137. The highest BCUT2D eigenvalue weighted by Gasteiger charge is 2.32. The molecule has 0 heterocycles. The van der Waals surface area contributed by atoms with Crippen LogP contribution >= 0.6 is 0 Å². The smallest absolute Gasteiger partial charge is 0.394 e. The van der Waals surface area contributed by atoms with Gasteiger partial charge in [-0.3, -0.25) is 0 Å². The predicted octanol–water partition coefficient (Wildman–Crippen LogP) is 2.39. The Morgan fingerprint density at radius 3 is 2.11 bits per heavy atom. The number of aliphatic hydroxyl groups is 2. The molecule has 0 bridgehead atoms. The van der Waals surface area contributed by atoms with Gasteiger partial charge in [-0.15, -0.1) is 0 Å². The summed E-state index contributed by atoms with van der Waals surface area (Å²) in [6, 6.07) is 2.05. The van der Waals surface area contributed by atoms with E-state index in [0.717, 1.165) is 12.1 Å². The number of anilines is 1. The molecule has 0 fully saturated rings. The quantitative estimate of drug-likeness (QED) is 0.726. The molecule has 1 aromatic rings. The summed E-state index contributed by atoms with van der Waals surface area (Å²) in [7, 11) is 0. The van der Waals surface area contributed by atoms with Crippen molar-refractivity contribution in [2.24, 2.45) is 0 Å². The molecule has 3 nitrogen and oxygen atoms in total. The van der Waals surface area contributed by atoms with Crippen LogP contribution in [0.1, 0.15) is 18.9 Å². The van der Waals surface area contributed by atoms with Crippen molar-refractivity contribution >= 4 is 5.69 Å². The van der Waals surface area contributed by atoms with Gasteiger partial charge in [0.25, 0.3) is 0 Å². The van der Waals surface area contributed by atoms with Crippen molar-refractivity contribution in [3.63, 3.8) is 0 Å². The highest BCUT2D eigenvalue weighted by Crippen LogP contribution is 2.32. The van der Waals surface area contributed by atoms with E-state index >= 15 is 0 Å². The van der Waals surface area contributed by atoms with Gasteiger partial charge < -0.3 is 15.5 Å². The zero-order valence-corrected chi connectivity index (χ0v) is 10.3. The lowest BCUT2D eigenvalue weighted by Crippen LogP contribution is -2.45. The van der Waals surface area contributed by atoms with Crippen molar-refractivity contribution in [1.29, 1.82) is 0 Å². The van der Waals surface area contributed by atoms with Crippen LogP contribution in [0.4, 0.5) is 23.2 Å². The minimum absolute atomic E-state index is 0.196. The normalized spacial score (nSPS) is 12.6. The van der Waals surface area contributed by atoms with Crippen molar-refractivity contribution in [1.82, 2.24) is 0 Å². The van der Waals surface area contributed by atoms with Crippen LogP contribution in [-0.4, -0.2) is 29.0 Å². The van der Waals surface area contributed by atoms with Gasteiger partial charge in [0, 0.05) is 0 Å². The molecule has 0 aliphatic rings. The van der Waals surface area contributed by atoms with Crippen molar-refractivity contribution < 1.29 is 27.8 Å². The molecule has 3 N–H and O–H groups in total. The largest absolute Gasteiger partial charge is 0.416 e. The first-order valence-corrected chi connectivity index (χ1v) is 5.64. The van der Waals surface area contributed by atoms with Crippen molar-refractivity contribution in [3.8, 4) is 0 Å². The maximum Gasteiger partial charge on any atom is 0.416 e. The number of hydrogen-bond donors (Lipinski definition) is 3. The zero-order valence-electron chi connectivity index (χ0n) is 10.3. The van der Waals surface area contributed by atoms with Gasteiger partial charge in [-0.05, 0) is 24.6 Å². The summed E-state index contributed by atoms with van der Waals surface area (Å²) in [5.74, 6) is -1.09. The summed E-state index contributed by atoms with van der Waals surface area (Å²) < 4.78 is 50.7. The van der Waals surface area contributed by atoms with Crippen LogP contribution in [0, 0.1) is 5.82 Å². The summed E-state index contributed by atoms with van der Waals surface area (Å²) >= 11 is 0. The number of halogens is 4. The third-order valence-electron chi connectivity index (χ3n) is 2.98. The third-order valence-corrected chi connectivity index (χ3v) is 2.98. The molecule has 0 radical (unpaired) electrons. The monoisotopic (exact) mass is 281 g/mol. The standard InChI is InChI=1S/C12H15F4NO2/c1-2-11(6-18,7-19)17-10-4-3-8(5-9(10)13)12(14,15)16/h3-5,17-19H,2,6-7H2,1H3. The fourth-order valence-electron chi connectivity index (χ4n) is 1.52. The van der Waals surface area contributed by atoms with E-state index in [1.165, 1.54) is 0 Å². The first-order chi connectivity index (χ1) is 8.78. The van der Waals surface area contributed by atoms with Crippen molar-refractivity contribution in [3.05, 3.63) is 29.6 Å². The molecule has 0 amide bonds. The molecule has 0 saturated carbocycles. The summed E-state index contributed by atoms with van der Waals surface area (Å²) in [5, 5.41) is 20.9. The average Bonchev–Trinajstić information content (AvgIpc) is 2.37. The maximum atomic E-state index is 13.6. The van der Waals surface area contributed by atoms with Crippen LogP contribution in [0.3, 0.4) is 0 Å². The average molecular weight is 281 g/mol. The highest BCUT2D eigenvalue weighted by atomic mass is 19.4. The summed E-state index contributed by atoms with van der Waals surface area (Å²) in [4.78, 5) is 0. The van der Waals surface area contributed by atoms with E-state index in [1.807, 2.05) is 0 Å². The number of alkyl halides is 3. The molecule has 1 aromatic carbocycles. The molecule has 7 heteroatoms. The molecule has 108 valence electrons. The SMILES string of the molecule is CCC(CO)(CO)Nc1ccc(C(F)(F)F)cc1F. The molecule has 0 aliphatic carbocycles. The summed E-state index contributed by atoms with van der Waals surface area (Å²) in [6.07, 6.45) is -4.34. The van der Waals surface area contributed by atoms with Crippen LogP contribution < -0.4 is 5.32 Å². The number of aliphatic hydroxyl groups excluding tert-OH is 2. The third kappa shape index (κ3) is 3.57. The summed E-state index contributed by atoms with van der Waals surface area (Å²) in [6.45, 7) is 0.711. The Bertz CT molecular complexity index is 422. The van der Waals surface area contributed by atoms with Gasteiger partial charge in [0.15, 0.2) is 0 Å². The Hall–Kier alpha value is -1.34. The number of hydrogen-bond acceptors (Lipinski definition) is 3. The molecule has 0 spiro atoms. The van der Waals surface area contributed by atoms with Gasteiger partial charge in [0.1, 0.15) is 5.82 Å². The fourth-order valence-corrected chi connectivity index (χ4v) is 1.52. The topological polar surface area (TPSA) is 52.5 Å². The van der Waals surface area contributed by atoms with Gasteiger partial charge in [0.2, 0.25) is 0 Å². The van der Waals surface area contributed by atoms with E-state index in [-0.39, 0.29) is 12.1 Å². The van der Waals surface area contributed by atoms with Gasteiger partial charge in [-0.1, -0.05) is 6.92 Å². The molecular weight excluding hydrogens is 266 g/mol. The molecule has 0 atom stereocenters. The van der Waals surface area contributed by atoms with E-state index in [1.54, 1.807) is 6.92 Å². The van der Waals surface area contributed by atoms with E-state index in [0.29, 0.717) is 6.07 Å². The van der Waals surface area contributed by atoms with E-state index in [2.05, 4.69) is 5.32 Å². The highest BCUT2D eigenvalue weighted by molar-refractivity contribution is 5.49. The minimum atomic E-state index is -4.62. The molecular formula is C12H15F4NO2. The van der Waals surface area contributed by atoms with Gasteiger partial charge in [-0.25, -0.2) is 4.39 Å². The number of nitrogens with one attached hydrogen (secondary N) is 1. The van der Waals surface area contributed by atoms with E-state index < -0.39 is 36.3 Å². The Labute approximate surface area is 107 Å². The zero-order chi connectivity index (χ0) is 14.7. The second-order valence-electron chi connectivity index (χ2n) is 4.27. The second-order valence-corrected chi connectivity index (χ2v) is 4.27. The van der Waals surface area contributed by atoms with Crippen LogP contribution in [0.15, 0.2) is 18.2 Å². The Morgan fingerprint density at radius 2 is 1.74 bits per heavy atom. The molecule has 19 heavy (non-hydrogen) atoms. The maximum absolute atomic E-state index is 13.6. The fraction of sp³-hybridized carbons (Fsp3) is 0.500. The molecule has 0 aromatic heterocycles. The number of rotatable bonds is 5. The molecule has 0 unspecified atom stereocenters. The van der Waals surface area contributed by atoms with Gasteiger partial charge >= 0.3 is 6.18 Å². The second kappa shape index (κ2) is 5.75. The molecule has 1 rings (SSSR count). The lowest BCUT2D eigenvalue weighted by atomic mass is 9.97.